The lowest BCUT2D eigenvalue weighted by atomic mass is 9.87. The minimum Gasteiger partial charge on any atom is -0.378 e. The predicted molar refractivity (Wildman–Crippen MR) is 92.1 cm³/mol. The molecular formula is C14H30IN3O. The predicted octanol–water partition coefficient (Wildman–Crippen LogP) is 2.76. The van der Waals surface area contributed by atoms with Gasteiger partial charge in [-0.25, -0.2) is 0 Å². The molecule has 1 aliphatic rings. The molecule has 0 aromatic heterocycles. The monoisotopic (exact) mass is 383 g/mol. The highest BCUT2D eigenvalue weighted by Crippen LogP contribution is 2.26. The van der Waals surface area contributed by atoms with Crippen molar-refractivity contribution in [1.82, 2.24) is 5.32 Å². The normalized spacial score (nSPS) is 25.1. The summed E-state index contributed by atoms with van der Waals surface area (Å²) in [6.45, 7) is 12.3. The zero-order valence-electron chi connectivity index (χ0n) is 12.9. The summed E-state index contributed by atoms with van der Waals surface area (Å²) < 4.78 is 5.85. The molecule has 2 unspecified atom stereocenters. The highest BCUT2D eigenvalue weighted by atomic mass is 127. The number of hydrogen-bond acceptors (Lipinski definition) is 2. The van der Waals surface area contributed by atoms with E-state index in [1.807, 2.05) is 0 Å². The maximum atomic E-state index is 5.90. The fraction of sp³-hybridized carbons (Fsp3) is 0.929. The van der Waals surface area contributed by atoms with Crippen LogP contribution < -0.4 is 11.1 Å². The minimum absolute atomic E-state index is 0. The molecule has 1 saturated heterocycles. The Hall–Kier alpha value is -0.0400. The molecule has 2 atom stereocenters. The van der Waals surface area contributed by atoms with Crippen molar-refractivity contribution in [3.63, 3.8) is 0 Å². The standard InChI is InChI=1S/C14H29N3O.HI/c1-10(2)12-11(7-6-8-18-12)9-16-13(15)17-14(3,4)5;/h10-12H,6-9H2,1-5H3,(H3,15,16,17);1H. The Morgan fingerprint density at radius 2 is 2.05 bits per heavy atom. The van der Waals surface area contributed by atoms with Gasteiger partial charge in [-0.1, -0.05) is 13.8 Å². The van der Waals surface area contributed by atoms with Gasteiger partial charge in [0.2, 0.25) is 0 Å². The van der Waals surface area contributed by atoms with E-state index in [-0.39, 0.29) is 29.5 Å². The van der Waals surface area contributed by atoms with Gasteiger partial charge >= 0.3 is 0 Å². The summed E-state index contributed by atoms with van der Waals surface area (Å²) >= 11 is 0. The largest absolute Gasteiger partial charge is 0.378 e. The lowest BCUT2D eigenvalue weighted by Gasteiger charge is -2.33. The number of ether oxygens (including phenoxy) is 1. The van der Waals surface area contributed by atoms with E-state index in [1.165, 1.54) is 6.42 Å². The Bertz CT molecular complexity index is 287. The lowest BCUT2D eigenvalue weighted by Crippen LogP contribution is -2.45. The van der Waals surface area contributed by atoms with Gasteiger partial charge < -0.3 is 15.8 Å². The van der Waals surface area contributed by atoms with E-state index in [2.05, 4.69) is 44.9 Å². The number of halogens is 1. The van der Waals surface area contributed by atoms with Gasteiger partial charge in [0.1, 0.15) is 0 Å². The number of nitrogens with zero attached hydrogens (tertiary/aromatic N) is 1. The summed E-state index contributed by atoms with van der Waals surface area (Å²) in [5, 5.41) is 3.19. The Morgan fingerprint density at radius 1 is 1.42 bits per heavy atom. The number of nitrogens with one attached hydrogen (secondary N) is 1. The molecule has 0 aromatic rings. The average molecular weight is 383 g/mol. The molecule has 114 valence electrons. The molecule has 1 heterocycles. The van der Waals surface area contributed by atoms with Crippen molar-refractivity contribution >= 4 is 29.9 Å². The fourth-order valence-electron chi connectivity index (χ4n) is 2.44. The van der Waals surface area contributed by atoms with Gasteiger partial charge in [-0.15, -0.1) is 24.0 Å². The van der Waals surface area contributed by atoms with Gasteiger partial charge in [-0.3, -0.25) is 4.99 Å². The molecule has 1 aliphatic heterocycles. The zero-order valence-corrected chi connectivity index (χ0v) is 15.2. The second-order valence-corrected chi connectivity index (χ2v) is 6.58. The van der Waals surface area contributed by atoms with Crippen LogP contribution in [0, 0.1) is 11.8 Å². The first-order valence-electron chi connectivity index (χ1n) is 6.99. The van der Waals surface area contributed by atoms with Crippen molar-refractivity contribution in [3.8, 4) is 0 Å². The van der Waals surface area contributed by atoms with Crippen molar-refractivity contribution < 1.29 is 4.74 Å². The molecule has 0 saturated carbocycles. The van der Waals surface area contributed by atoms with E-state index in [0.29, 0.717) is 23.9 Å². The number of aliphatic imine (C=N–C) groups is 1. The summed E-state index contributed by atoms with van der Waals surface area (Å²) in [5.74, 6) is 1.58. The highest BCUT2D eigenvalue weighted by molar-refractivity contribution is 14.0. The van der Waals surface area contributed by atoms with Crippen LogP contribution in [0.4, 0.5) is 0 Å². The summed E-state index contributed by atoms with van der Waals surface area (Å²) in [7, 11) is 0. The SMILES string of the molecule is CC(C)C1OCCCC1CN=C(N)NC(C)(C)C.I. The lowest BCUT2D eigenvalue weighted by molar-refractivity contribution is -0.0491. The smallest absolute Gasteiger partial charge is 0.188 e. The number of nitrogens with two attached hydrogens (primary N) is 1. The van der Waals surface area contributed by atoms with Crippen LogP contribution in [0.5, 0.6) is 0 Å². The van der Waals surface area contributed by atoms with E-state index < -0.39 is 0 Å². The second kappa shape index (κ2) is 8.29. The second-order valence-electron chi connectivity index (χ2n) is 6.58. The van der Waals surface area contributed by atoms with E-state index in [1.54, 1.807) is 0 Å². The van der Waals surface area contributed by atoms with Crippen molar-refractivity contribution in [2.75, 3.05) is 13.2 Å². The van der Waals surface area contributed by atoms with Crippen molar-refractivity contribution in [3.05, 3.63) is 0 Å². The van der Waals surface area contributed by atoms with Crippen LogP contribution in [0.25, 0.3) is 0 Å². The van der Waals surface area contributed by atoms with Gasteiger partial charge in [0.25, 0.3) is 0 Å². The number of rotatable bonds is 3. The summed E-state index contributed by atoms with van der Waals surface area (Å²) in [5.41, 5.74) is 5.86. The van der Waals surface area contributed by atoms with Crippen LogP contribution in [0.15, 0.2) is 4.99 Å². The maximum absolute atomic E-state index is 5.90. The quantitative estimate of drug-likeness (QED) is 0.448. The summed E-state index contributed by atoms with van der Waals surface area (Å²) in [4.78, 5) is 4.47. The molecule has 3 N–H and O–H groups in total. The molecule has 1 rings (SSSR count). The molecule has 0 aliphatic carbocycles. The first-order valence-corrected chi connectivity index (χ1v) is 6.99. The van der Waals surface area contributed by atoms with Crippen LogP contribution in [0.1, 0.15) is 47.5 Å². The van der Waals surface area contributed by atoms with Crippen molar-refractivity contribution in [2.24, 2.45) is 22.6 Å². The van der Waals surface area contributed by atoms with Gasteiger partial charge in [-0.05, 0) is 39.5 Å². The van der Waals surface area contributed by atoms with Crippen LogP contribution in [-0.4, -0.2) is 30.8 Å². The van der Waals surface area contributed by atoms with Crippen LogP contribution in [0.3, 0.4) is 0 Å². The molecule has 0 aromatic carbocycles. The molecule has 0 radical (unpaired) electrons. The third-order valence-corrected chi connectivity index (χ3v) is 3.15. The molecule has 5 heteroatoms. The van der Waals surface area contributed by atoms with Crippen LogP contribution >= 0.6 is 24.0 Å². The number of guanidine groups is 1. The maximum Gasteiger partial charge on any atom is 0.188 e. The van der Waals surface area contributed by atoms with Gasteiger partial charge in [0.05, 0.1) is 6.10 Å². The fourth-order valence-corrected chi connectivity index (χ4v) is 2.44. The van der Waals surface area contributed by atoms with Crippen molar-refractivity contribution in [1.29, 1.82) is 0 Å². The topological polar surface area (TPSA) is 59.6 Å². The molecule has 0 bridgehead atoms. The van der Waals surface area contributed by atoms with Gasteiger partial charge in [0, 0.05) is 24.6 Å². The Balaban J connectivity index is 0.00000324. The third kappa shape index (κ3) is 7.34. The third-order valence-electron chi connectivity index (χ3n) is 3.15. The van der Waals surface area contributed by atoms with Gasteiger partial charge in [0.15, 0.2) is 5.96 Å². The molecule has 1 fully saturated rings. The molecule has 0 spiro atoms. The summed E-state index contributed by atoms with van der Waals surface area (Å²) in [6.07, 6.45) is 2.65. The number of hydrogen-bond donors (Lipinski definition) is 2. The van der Waals surface area contributed by atoms with E-state index in [4.69, 9.17) is 10.5 Å². The zero-order chi connectivity index (χ0) is 13.8. The van der Waals surface area contributed by atoms with E-state index in [0.717, 1.165) is 19.6 Å². The Kier molecular flexibility index (Phi) is 8.27. The highest BCUT2D eigenvalue weighted by Gasteiger charge is 2.28. The van der Waals surface area contributed by atoms with Crippen LogP contribution in [0.2, 0.25) is 0 Å². The molecular weight excluding hydrogens is 353 g/mol. The summed E-state index contributed by atoms with van der Waals surface area (Å²) in [6, 6.07) is 0. The first-order chi connectivity index (χ1) is 8.29. The van der Waals surface area contributed by atoms with E-state index >= 15 is 0 Å². The van der Waals surface area contributed by atoms with Crippen molar-refractivity contribution in [2.45, 2.75) is 59.1 Å². The molecule has 4 nitrogen and oxygen atoms in total. The average Bonchev–Trinajstić information content (AvgIpc) is 2.24. The van der Waals surface area contributed by atoms with Crippen LogP contribution in [-0.2, 0) is 4.74 Å². The molecule has 0 amide bonds. The Labute approximate surface area is 135 Å². The van der Waals surface area contributed by atoms with Gasteiger partial charge in [-0.2, -0.15) is 0 Å². The minimum atomic E-state index is -0.0336. The van der Waals surface area contributed by atoms with E-state index in [9.17, 15) is 0 Å². The Morgan fingerprint density at radius 3 is 2.58 bits per heavy atom. The first kappa shape index (κ1) is 19.0. The molecule has 19 heavy (non-hydrogen) atoms.